The molecule has 2 aliphatic rings. The van der Waals surface area contributed by atoms with Gasteiger partial charge in [-0.15, -0.1) is 0 Å². The normalized spacial score (nSPS) is 28.0. The molecule has 3 atom stereocenters. The first-order valence-electron chi connectivity index (χ1n) is 7.05. The molecule has 21 heavy (non-hydrogen) atoms. The highest BCUT2D eigenvalue weighted by molar-refractivity contribution is 5.95. The molecule has 110 valence electrons. The molecule has 1 saturated heterocycles. The van der Waals surface area contributed by atoms with E-state index < -0.39 is 18.1 Å². The van der Waals surface area contributed by atoms with E-state index in [9.17, 15) is 14.7 Å². The first-order valence-corrected chi connectivity index (χ1v) is 7.05. The lowest BCUT2D eigenvalue weighted by atomic mass is 10.0. The van der Waals surface area contributed by atoms with Crippen LogP contribution in [0.3, 0.4) is 0 Å². The summed E-state index contributed by atoms with van der Waals surface area (Å²) in [5, 5.41) is 9.80. The van der Waals surface area contributed by atoms with Crippen molar-refractivity contribution >= 4 is 12.0 Å². The van der Waals surface area contributed by atoms with Crippen LogP contribution in [0.25, 0.3) is 0 Å². The van der Waals surface area contributed by atoms with Crippen molar-refractivity contribution in [3.63, 3.8) is 0 Å². The van der Waals surface area contributed by atoms with Crippen LogP contribution < -0.4 is 0 Å². The van der Waals surface area contributed by atoms with Crippen LogP contribution in [0.2, 0.25) is 0 Å². The van der Waals surface area contributed by atoms with Crippen molar-refractivity contribution < 1.29 is 19.4 Å². The summed E-state index contributed by atoms with van der Waals surface area (Å²) in [5.41, 5.74) is 1.05. The second-order valence-electron chi connectivity index (χ2n) is 5.39. The quantitative estimate of drug-likeness (QED) is 0.856. The molecule has 2 amide bonds. The van der Waals surface area contributed by atoms with Crippen LogP contribution in [0, 0.1) is 5.92 Å². The minimum absolute atomic E-state index is 0.204. The zero-order valence-corrected chi connectivity index (χ0v) is 11.5. The zero-order chi connectivity index (χ0) is 14.8. The highest BCUT2D eigenvalue weighted by Gasteiger charge is 2.42. The van der Waals surface area contributed by atoms with Crippen LogP contribution in [0.15, 0.2) is 42.5 Å². The summed E-state index contributed by atoms with van der Waals surface area (Å²) < 4.78 is 5.03. The lowest BCUT2D eigenvalue weighted by Crippen LogP contribution is -2.45. The number of ether oxygens (including phenoxy) is 1. The molecule has 0 radical (unpaired) electrons. The number of cyclic esters (lactones) is 1. The maximum atomic E-state index is 12.5. The summed E-state index contributed by atoms with van der Waals surface area (Å²) in [6.45, 7) is 0.204. The molecule has 3 rings (SSSR count). The van der Waals surface area contributed by atoms with Crippen LogP contribution in [-0.2, 0) is 16.0 Å². The van der Waals surface area contributed by atoms with Crippen molar-refractivity contribution in [3.05, 3.63) is 48.0 Å². The van der Waals surface area contributed by atoms with Crippen molar-refractivity contribution in [2.24, 2.45) is 5.92 Å². The summed E-state index contributed by atoms with van der Waals surface area (Å²) in [5.74, 6) is -0.926. The lowest BCUT2D eigenvalue weighted by Gasteiger charge is -2.24. The summed E-state index contributed by atoms with van der Waals surface area (Å²) in [7, 11) is 0. The minimum atomic E-state index is -0.816. The molecule has 1 heterocycles. The third-order valence-electron chi connectivity index (χ3n) is 3.97. The number of amides is 2. The van der Waals surface area contributed by atoms with E-state index in [0.717, 1.165) is 5.56 Å². The van der Waals surface area contributed by atoms with E-state index >= 15 is 0 Å². The number of nitrogens with zero attached hydrogens (tertiary/aromatic N) is 1. The van der Waals surface area contributed by atoms with Gasteiger partial charge < -0.3 is 9.84 Å². The number of aliphatic hydroxyl groups is 1. The standard InChI is InChI=1S/C16H17NO4/c18-14-8-4-7-13(14)15(19)17-12(10-21-16(17)20)9-11-5-2-1-3-6-11/h1-6,8,12-14,18H,7,9-10H2/t12?,13-,14+/m0/s1. The van der Waals surface area contributed by atoms with Crippen molar-refractivity contribution in [2.75, 3.05) is 6.61 Å². The van der Waals surface area contributed by atoms with E-state index in [4.69, 9.17) is 4.74 Å². The maximum Gasteiger partial charge on any atom is 0.416 e. The van der Waals surface area contributed by atoms with Gasteiger partial charge in [-0.2, -0.15) is 0 Å². The highest BCUT2D eigenvalue weighted by Crippen LogP contribution is 2.26. The topological polar surface area (TPSA) is 66.8 Å². The average Bonchev–Trinajstić information content (AvgIpc) is 3.06. The maximum absolute atomic E-state index is 12.5. The van der Waals surface area contributed by atoms with Gasteiger partial charge in [-0.3, -0.25) is 4.79 Å². The lowest BCUT2D eigenvalue weighted by molar-refractivity contribution is -0.135. The molecule has 1 fully saturated rings. The fraction of sp³-hybridized carbons (Fsp3) is 0.375. The molecule has 5 nitrogen and oxygen atoms in total. The summed E-state index contributed by atoms with van der Waals surface area (Å²) in [6.07, 6.45) is 2.95. The molecule has 1 aromatic carbocycles. The largest absolute Gasteiger partial charge is 0.447 e. The van der Waals surface area contributed by atoms with Gasteiger partial charge >= 0.3 is 6.09 Å². The van der Waals surface area contributed by atoms with Gasteiger partial charge in [0.25, 0.3) is 0 Å². The average molecular weight is 287 g/mol. The van der Waals surface area contributed by atoms with E-state index in [2.05, 4.69) is 0 Å². The Morgan fingerprint density at radius 1 is 1.33 bits per heavy atom. The fourth-order valence-electron chi connectivity index (χ4n) is 2.83. The SMILES string of the molecule is O=C1OCC(Cc2ccccc2)N1C(=O)[C@H]1CC=C[C@H]1O. The van der Waals surface area contributed by atoms with Gasteiger partial charge in [0, 0.05) is 0 Å². The Bertz CT molecular complexity index is 569. The molecule has 0 spiro atoms. The van der Waals surface area contributed by atoms with Gasteiger partial charge in [-0.05, 0) is 18.4 Å². The molecular formula is C16H17NO4. The second-order valence-corrected chi connectivity index (χ2v) is 5.39. The second kappa shape index (κ2) is 5.69. The number of allylic oxidation sites excluding steroid dienone is 1. The number of hydrogen-bond acceptors (Lipinski definition) is 4. The molecule has 0 aromatic heterocycles. The third-order valence-corrected chi connectivity index (χ3v) is 3.97. The summed E-state index contributed by atoms with van der Waals surface area (Å²) >= 11 is 0. The van der Waals surface area contributed by atoms with Crippen LogP contribution in [-0.4, -0.2) is 40.8 Å². The third kappa shape index (κ3) is 2.69. The molecule has 1 aromatic rings. The molecular weight excluding hydrogens is 270 g/mol. The number of carbonyl (C=O) groups is 2. The van der Waals surface area contributed by atoms with Crippen molar-refractivity contribution in [1.82, 2.24) is 4.90 Å². The van der Waals surface area contributed by atoms with Crippen LogP contribution in [0.1, 0.15) is 12.0 Å². The Morgan fingerprint density at radius 2 is 2.10 bits per heavy atom. The highest BCUT2D eigenvalue weighted by atomic mass is 16.6. The van der Waals surface area contributed by atoms with E-state index in [1.165, 1.54) is 4.90 Å². The molecule has 1 aliphatic carbocycles. The number of rotatable bonds is 3. The first-order chi connectivity index (χ1) is 10.2. The Kier molecular flexibility index (Phi) is 3.75. The Labute approximate surface area is 122 Å². The van der Waals surface area contributed by atoms with Crippen LogP contribution >= 0.6 is 0 Å². The Hall–Kier alpha value is -2.14. The van der Waals surface area contributed by atoms with Crippen molar-refractivity contribution in [3.8, 4) is 0 Å². The summed E-state index contributed by atoms with van der Waals surface area (Å²) in [6, 6.07) is 9.37. The molecule has 1 aliphatic heterocycles. The monoisotopic (exact) mass is 287 g/mol. The summed E-state index contributed by atoms with van der Waals surface area (Å²) in [4.78, 5) is 25.5. The van der Waals surface area contributed by atoms with Crippen LogP contribution in [0.4, 0.5) is 4.79 Å². The number of imide groups is 1. The van der Waals surface area contributed by atoms with Crippen molar-refractivity contribution in [1.29, 1.82) is 0 Å². The predicted molar refractivity (Wildman–Crippen MR) is 75.4 cm³/mol. The molecule has 1 N–H and O–H groups in total. The van der Waals surface area contributed by atoms with Crippen molar-refractivity contribution in [2.45, 2.75) is 25.0 Å². The predicted octanol–water partition coefficient (Wildman–Crippen LogP) is 1.51. The minimum Gasteiger partial charge on any atom is -0.447 e. The van der Waals surface area contributed by atoms with E-state index in [0.29, 0.717) is 12.8 Å². The van der Waals surface area contributed by atoms with E-state index in [-0.39, 0.29) is 18.6 Å². The number of benzene rings is 1. The smallest absolute Gasteiger partial charge is 0.416 e. The number of carbonyl (C=O) groups excluding carboxylic acids is 2. The Morgan fingerprint density at radius 3 is 2.76 bits per heavy atom. The van der Waals surface area contributed by atoms with Crippen LogP contribution in [0.5, 0.6) is 0 Å². The number of hydrogen-bond donors (Lipinski definition) is 1. The van der Waals surface area contributed by atoms with Gasteiger partial charge in [-0.25, -0.2) is 9.69 Å². The Balaban J connectivity index is 1.75. The molecule has 0 bridgehead atoms. The van der Waals surface area contributed by atoms with Gasteiger partial charge in [0.15, 0.2) is 0 Å². The van der Waals surface area contributed by atoms with Gasteiger partial charge in [0.05, 0.1) is 18.1 Å². The fourth-order valence-corrected chi connectivity index (χ4v) is 2.83. The van der Waals surface area contributed by atoms with Gasteiger partial charge in [0.2, 0.25) is 5.91 Å². The van der Waals surface area contributed by atoms with E-state index in [1.54, 1.807) is 12.2 Å². The van der Waals surface area contributed by atoms with Gasteiger partial charge in [0.1, 0.15) is 6.61 Å². The zero-order valence-electron chi connectivity index (χ0n) is 11.5. The number of aliphatic hydroxyl groups excluding tert-OH is 1. The molecule has 0 saturated carbocycles. The first kappa shape index (κ1) is 13.8. The van der Waals surface area contributed by atoms with E-state index in [1.807, 2.05) is 30.3 Å². The molecule has 5 heteroatoms. The van der Waals surface area contributed by atoms with Gasteiger partial charge in [-0.1, -0.05) is 42.5 Å². The molecule has 1 unspecified atom stereocenters.